The number of Topliss-reactive ketones (excluding diaryl/α,β-unsaturated/α-hetero) is 1. The van der Waals surface area contributed by atoms with Crippen molar-refractivity contribution < 1.29 is 18.4 Å². The molecule has 6 heteroatoms. The van der Waals surface area contributed by atoms with E-state index in [9.17, 15) is 9.59 Å². The highest BCUT2D eigenvalue weighted by Gasteiger charge is 2.25. The third-order valence-electron chi connectivity index (χ3n) is 4.60. The van der Waals surface area contributed by atoms with Crippen LogP contribution in [-0.4, -0.2) is 11.9 Å². The van der Waals surface area contributed by atoms with E-state index in [1.165, 1.54) is 6.26 Å². The first-order valence-electron chi connectivity index (χ1n) is 9.02. The van der Waals surface area contributed by atoms with Crippen molar-refractivity contribution in [2.75, 3.05) is 0 Å². The van der Waals surface area contributed by atoms with Gasteiger partial charge in [0.15, 0.2) is 11.9 Å². The van der Waals surface area contributed by atoms with Crippen LogP contribution in [0.25, 0.3) is 22.5 Å². The molecule has 29 heavy (non-hydrogen) atoms. The summed E-state index contributed by atoms with van der Waals surface area (Å²) in [5, 5.41) is 0.708. The fourth-order valence-electron chi connectivity index (χ4n) is 3.04. The van der Waals surface area contributed by atoms with Gasteiger partial charge in [-0.1, -0.05) is 41.9 Å². The Morgan fingerprint density at radius 3 is 2.55 bits per heavy atom. The van der Waals surface area contributed by atoms with E-state index in [0.29, 0.717) is 21.9 Å². The van der Waals surface area contributed by atoms with E-state index in [4.69, 9.17) is 25.2 Å². The number of rotatable bonds is 5. The van der Waals surface area contributed by atoms with Crippen LogP contribution in [0.4, 0.5) is 0 Å². The first kappa shape index (κ1) is 19.0. The largest absolute Gasteiger partial charge is 0.475 e. The Hall–Kier alpha value is -3.31. The Morgan fingerprint density at radius 1 is 1.10 bits per heavy atom. The monoisotopic (exact) mass is 408 g/mol. The van der Waals surface area contributed by atoms with E-state index in [0.717, 1.165) is 5.56 Å². The van der Waals surface area contributed by atoms with Gasteiger partial charge in [0.25, 0.3) is 0 Å². The van der Waals surface area contributed by atoms with Crippen molar-refractivity contribution >= 4 is 28.4 Å². The molecule has 4 aromatic rings. The molecule has 0 N–H and O–H groups in total. The van der Waals surface area contributed by atoms with Gasteiger partial charge in [-0.3, -0.25) is 9.59 Å². The van der Waals surface area contributed by atoms with Crippen molar-refractivity contribution in [3.63, 3.8) is 0 Å². The molecule has 0 unspecified atom stereocenters. The lowest BCUT2D eigenvalue weighted by Gasteiger charge is -2.16. The number of ketones is 1. The maximum absolute atomic E-state index is 13.2. The van der Waals surface area contributed by atoms with Crippen LogP contribution < -0.4 is 10.2 Å². The number of carbonyl (C=O) groups is 1. The Balaban J connectivity index is 1.85. The van der Waals surface area contributed by atoms with Gasteiger partial charge in [0.05, 0.1) is 11.6 Å². The summed E-state index contributed by atoms with van der Waals surface area (Å²) in [6.45, 7) is 3.41. The quantitative estimate of drug-likeness (QED) is 0.398. The van der Waals surface area contributed by atoms with E-state index in [-0.39, 0.29) is 22.7 Å². The molecule has 2 heterocycles. The first-order chi connectivity index (χ1) is 14.0. The Bertz CT molecular complexity index is 1240. The third kappa shape index (κ3) is 3.57. The smallest absolute Gasteiger partial charge is 0.235 e. The van der Waals surface area contributed by atoms with Gasteiger partial charge < -0.3 is 13.6 Å². The highest BCUT2D eigenvalue weighted by molar-refractivity contribution is 6.32. The second-order valence-electron chi connectivity index (χ2n) is 6.65. The summed E-state index contributed by atoms with van der Waals surface area (Å²) < 4.78 is 17.2. The minimum atomic E-state index is -0.910. The number of ether oxygens (including phenoxy) is 1. The molecule has 5 nitrogen and oxygen atoms in total. The van der Waals surface area contributed by atoms with Crippen LogP contribution in [0.5, 0.6) is 5.75 Å². The average molecular weight is 409 g/mol. The number of fused-ring (bicyclic) bond motifs is 1. The summed E-state index contributed by atoms with van der Waals surface area (Å²) in [6.07, 6.45) is 0.557. The van der Waals surface area contributed by atoms with E-state index >= 15 is 0 Å². The molecule has 0 fully saturated rings. The van der Waals surface area contributed by atoms with E-state index in [1.54, 1.807) is 55.5 Å². The molecular weight excluding hydrogens is 392 g/mol. The van der Waals surface area contributed by atoms with E-state index in [2.05, 4.69) is 0 Å². The number of aryl methyl sites for hydroxylation is 1. The minimum absolute atomic E-state index is 0.0934. The fourth-order valence-corrected chi connectivity index (χ4v) is 3.21. The molecule has 0 aliphatic heterocycles. The average Bonchev–Trinajstić information content (AvgIpc) is 3.26. The molecule has 0 spiro atoms. The SMILES string of the molecule is Cc1cc2oc(-c3ccco3)c(O[C@@H](C)C(=O)c3ccccc3)c(=O)c2cc1Cl. The van der Waals surface area contributed by atoms with Crippen molar-refractivity contribution in [1.82, 2.24) is 0 Å². The molecule has 0 saturated carbocycles. The van der Waals surface area contributed by atoms with Gasteiger partial charge in [0.1, 0.15) is 5.58 Å². The zero-order valence-corrected chi connectivity index (χ0v) is 16.5. The number of furan rings is 1. The molecule has 4 rings (SSSR count). The van der Waals surface area contributed by atoms with Gasteiger partial charge in [0.2, 0.25) is 22.7 Å². The van der Waals surface area contributed by atoms with Crippen molar-refractivity contribution in [1.29, 1.82) is 0 Å². The molecular formula is C23H17ClO5. The minimum Gasteiger partial charge on any atom is -0.475 e. The zero-order chi connectivity index (χ0) is 20.5. The molecule has 146 valence electrons. The number of carbonyl (C=O) groups excluding carboxylic acids is 1. The highest BCUT2D eigenvalue weighted by Crippen LogP contribution is 2.33. The molecule has 2 aromatic carbocycles. The lowest BCUT2D eigenvalue weighted by atomic mass is 10.1. The van der Waals surface area contributed by atoms with Crippen LogP contribution in [0.1, 0.15) is 22.8 Å². The maximum atomic E-state index is 13.2. The van der Waals surface area contributed by atoms with Crippen molar-refractivity contribution in [3.05, 3.63) is 87.2 Å². The summed E-state index contributed by atoms with van der Waals surface area (Å²) in [7, 11) is 0. The lowest BCUT2D eigenvalue weighted by Crippen LogP contribution is -2.26. The van der Waals surface area contributed by atoms with Crippen LogP contribution in [0.3, 0.4) is 0 Å². The second kappa shape index (κ2) is 7.60. The van der Waals surface area contributed by atoms with Gasteiger partial charge >= 0.3 is 0 Å². The Labute approximate surface area is 171 Å². The lowest BCUT2D eigenvalue weighted by molar-refractivity contribution is 0.0815. The summed E-state index contributed by atoms with van der Waals surface area (Å²) >= 11 is 6.19. The van der Waals surface area contributed by atoms with Gasteiger partial charge in [-0.25, -0.2) is 0 Å². The standard InChI is InChI=1S/C23H17ClO5/c1-13-11-19-16(12-17(13)24)21(26)23(22(29-19)18-9-6-10-27-18)28-14(2)20(25)15-7-4-3-5-8-15/h3-12,14H,1-2H3/t14-/m0/s1. The topological polar surface area (TPSA) is 69.7 Å². The van der Waals surface area contributed by atoms with Crippen LogP contribution in [0.15, 0.2) is 74.5 Å². The van der Waals surface area contributed by atoms with Crippen molar-refractivity contribution in [2.45, 2.75) is 20.0 Å². The van der Waals surface area contributed by atoms with Gasteiger partial charge in [-0.15, -0.1) is 0 Å². The molecule has 0 saturated heterocycles. The van der Waals surface area contributed by atoms with Crippen molar-refractivity contribution in [2.24, 2.45) is 0 Å². The first-order valence-corrected chi connectivity index (χ1v) is 9.40. The number of benzene rings is 2. The Kier molecular flexibility index (Phi) is 4.99. The number of hydrogen-bond donors (Lipinski definition) is 0. The number of halogens is 1. The summed E-state index contributed by atoms with van der Waals surface area (Å²) in [4.78, 5) is 25.9. The summed E-state index contributed by atoms with van der Waals surface area (Å²) in [5.74, 6) is 0.106. The number of hydrogen-bond acceptors (Lipinski definition) is 5. The molecule has 0 aliphatic rings. The van der Waals surface area contributed by atoms with Gasteiger partial charge in [-0.2, -0.15) is 0 Å². The van der Waals surface area contributed by atoms with E-state index < -0.39 is 11.5 Å². The highest BCUT2D eigenvalue weighted by atomic mass is 35.5. The fraction of sp³-hybridized carbons (Fsp3) is 0.130. The molecule has 2 aromatic heterocycles. The van der Waals surface area contributed by atoms with E-state index in [1.807, 2.05) is 13.0 Å². The molecule has 0 amide bonds. The van der Waals surface area contributed by atoms with Crippen LogP contribution in [0, 0.1) is 6.92 Å². The molecule has 0 aliphatic carbocycles. The van der Waals surface area contributed by atoms with Crippen molar-refractivity contribution in [3.8, 4) is 17.3 Å². The summed E-state index contributed by atoms with van der Waals surface area (Å²) in [5.41, 5.74) is 1.20. The van der Waals surface area contributed by atoms with Crippen LogP contribution in [-0.2, 0) is 0 Å². The molecule has 0 bridgehead atoms. The Morgan fingerprint density at radius 2 is 1.86 bits per heavy atom. The molecule has 0 radical (unpaired) electrons. The second-order valence-corrected chi connectivity index (χ2v) is 7.06. The maximum Gasteiger partial charge on any atom is 0.235 e. The third-order valence-corrected chi connectivity index (χ3v) is 5.00. The predicted octanol–water partition coefficient (Wildman–Crippen LogP) is 5.67. The predicted molar refractivity (Wildman–Crippen MR) is 111 cm³/mol. The zero-order valence-electron chi connectivity index (χ0n) is 15.8. The van der Waals surface area contributed by atoms with Crippen LogP contribution in [0.2, 0.25) is 5.02 Å². The van der Waals surface area contributed by atoms with Crippen LogP contribution >= 0.6 is 11.6 Å². The van der Waals surface area contributed by atoms with Gasteiger partial charge in [-0.05, 0) is 43.7 Å². The molecule has 1 atom stereocenters. The van der Waals surface area contributed by atoms with Gasteiger partial charge in [0, 0.05) is 10.6 Å². The normalized spacial score (nSPS) is 12.1. The summed E-state index contributed by atoms with van der Waals surface area (Å²) in [6, 6.07) is 15.3.